The van der Waals surface area contributed by atoms with E-state index in [-0.39, 0.29) is 11.2 Å². The number of benzene rings is 1. The molecule has 1 rings (SSSR count). The minimum atomic E-state index is -0.127. The van der Waals surface area contributed by atoms with Gasteiger partial charge in [0.2, 0.25) is 0 Å². The van der Waals surface area contributed by atoms with E-state index in [9.17, 15) is 4.39 Å². The lowest BCUT2D eigenvalue weighted by Gasteiger charge is -2.28. The van der Waals surface area contributed by atoms with E-state index in [1.54, 1.807) is 12.1 Å². The van der Waals surface area contributed by atoms with E-state index >= 15 is 0 Å². The minimum Gasteiger partial charge on any atom is -0.207 e. The predicted octanol–water partition coefficient (Wildman–Crippen LogP) is 4.29. The van der Waals surface area contributed by atoms with Gasteiger partial charge in [-0.25, -0.2) is 4.39 Å². The van der Waals surface area contributed by atoms with Crippen LogP contribution in [0.5, 0.6) is 0 Å². The molecule has 0 aliphatic heterocycles. The maximum absolute atomic E-state index is 13.1. The highest BCUT2D eigenvalue weighted by molar-refractivity contribution is 5.25. The number of hydrogen-bond donors (Lipinski definition) is 0. The first-order valence-corrected chi connectivity index (χ1v) is 5.38. The number of rotatable bonds is 4. The lowest BCUT2D eigenvalue weighted by atomic mass is 9.76. The topological polar surface area (TPSA) is 0 Å². The maximum atomic E-state index is 13.1. The van der Waals surface area contributed by atoms with Gasteiger partial charge in [-0.1, -0.05) is 39.3 Å². The fraction of sp³-hybridized carbons (Fsp3) is 0.538. The molecule has 0 spiro atoms. The zero-order valence-corrected chi connectivity index (χ0v) is 9.31. The van der Waals surface area contributed by atoms with Crippen molar-refractivity contribution in [3.05, 3.63) is 35.6 Å². The van der Waals surface area contributed by atoms with Gasteiger partial charge in [0.1, 0.15) is 5.82 Å². The molecule has 0 aliphatic rings. The van der Waals surface area contributed by atoms with Crippen molar-refractivity contribution in [3.8, 4) is 0 Å². The van der Waals surface area contributed by atoms with E-state index in [2.05, 4.69) is 20.8 Å². The first-order chi connectivity index (χ1) is 6.62. The Bertz CT molecular complexity index is 293. The van der Waals surface area contributed by atoms with Crippen LogP contribution in [0.15, 0.2) is 24.3 Å². The van der Waals surface area contributed by atoms with E-state index in [0.717, 1.165) is 24.8 Å². The molecule has 0 bridgehead atoms. The monoisotopic (exact) mass is 194 g/mol. The predicted molar refractivity (Wildman–Crippen MR) is 59.0 cm³/mol. The van der Waals surface area contributed by atoms with Gasteiger partial charge in [0.05, 0.1) is 0 Å². The first kappa shape index (κ1) is 11.2. The highest BCUT2D eigenvalue weighted by Gasteiger charge is 2.23. The van der Waals surface area contributed by atoms with Crippen molar-refractivity contribution in [2.45, 2.75) is 45.4 Å². The maximum Gasteiger partial charge on any atom is 0.123 e. The third-order valence-electron chi connectivity index (χ3n) is 3.10. The molecule has 0 saturated carbocycles. The molecule has 0 aliphatic carbocycles. The third-order valence-corrected chi connectivity index (χ3v) is 3.10. The van der Waals surface area contributed by atoms with Crippen molar-refractivity contribution in [2.75, 3.05) is 0 Å². The molecule has 1 aromatic carbocycles. The Hall–Kier alpha value is -0.850. The molecule has 0 aromatic heterocycles. The molecule has 0 saturated heterocycles. The highest BCUT2D eigenvalue weighted by atomic mass is 19.1. The van der Waals surface area contributed by atoms with Gasteiger partial charge < -0.3 is 0 Å². The van der Waals surface area contributed by atoms with Crippen LogP contribution in [0.2, 0.25) is 0 Å². The molecule has 0 N–H and O–H groups in total. The van der Waals surface area contributed by atoms with Crippen LogP contribution >= 0.6 is 0 Å². The van der Waals surface area contributed by atoms with Gasteiger partial charge in [0.25, 0.3) is 0 Å². The summed E-state index contributed by atoms with van der Waals surface area (Å²) in [6.07, 6.45) is 3.32. The van der Waals surface area contributed by atoms with Crippen molar-refractivity contribution >= 4 is 0 Å². The quantitative estimate of drug-likeness (QED) is 0.670. The van der Waals surface area contributed by atoms with E-state index in [1.165, 1.54) is 6.07 Å². The van der Waals surface area contributed by atoms with E-state index in [1.807, 2.05) is 6.07 Å². The van der Waals surface area contributed by atoms with Crippen molar-refractivity contribution < 1.29 is 4.39 Å². The van der Waals surface area contributed by atoms with Crippen molar-refractivity contribution in [3.63, 3.8) is 0 Å². The second-order valence-corrected chi connectivity index (χ2v) is 4.17. The largest absolute Gasteiger partial charge is 0.207 e. The van der Waals surface area contributed by atoms with Crippen LogP contribution < -0.4 is 0 Å². The van der Waals surface area contributed by atoms with Crippen LogP contribution in [0, 0.1) is 5.82 Å². The normalized spacial score (nSPS) is 15.1. The summed E-state index contributed by atoms with van der Waals surface area (Å²) in [6.45, 7) is 6.55. The average Bonchev–Trinajstić information content (AvgIpc) is 2.18. The fourth-order valence-electron chi connectivity index (χ4n) is 1.94. The van der Waals surface area contributed by atoms with Crippen molar-refractivity contribution in [1.29, 1.82) is 0 Å². The second-order valence-electron chi connectivity index (χ2n) is 4.17. The second kappa shape index (κ2) is 4.59. The molecule has 1 aromatic rings. The minimum absolute atomic E-state index is 0.127. The molecular weight excluding hydrogens is 175 g/mol. The van der Waals surface area contributed by atoms with Crippen LogP contribution in [0.1, 0.15) is 45.6 Å². The third kappa shape index (κ3) is 2.34. The van der Waals surface area contributed by atoms with E-state index in [4.69, 9.17) is 0 Å². The zero-order valence-electron chi connectivity index (χ0n) is 9.31. The molecule has 1 heteroatoms. The summed E-state index contributed by atoms with van der Waals surface area (Å²) in [6, 6.07) is 7.00. The highest BCUT2D eigenvalue weighted by Crippen LogP contribution is 2.32. The van der Waals surface area contributed by atoms with Crippen LogP contribution in [-0.4, -0.2) is 0 Å². The smallest absolute Gasteiger partial charge is 0.123 e. The Morgan fingerprint density at radius 1 is 1.29 bits per heavy atom. The Balaban J connectivity index is 2.99. The molecule has 78 valence electrons. The van der Waals surface area contributed by atoms with Gasteiger partial charge in [-0.15, -0.1) is 0 Å². The Morgan fingerprint density at radius 3 is 2.50 bits per heavy atom. The van der Waals surface area contributed by atoms with Gasteiger partial charge in [-0.3, -0.25) is 0 Å². The Morgan fingerprint density at radius 2 is 2.00 bits per heavy atom. The van der Waals surface area contributed by atoms with Gasteiger partial charge in [-0.05, 0) is 36.0 Å². The van der Waals surface area contributed by atoms with Gasteiger partial charge in [0, 0.05) is 0 Å². The Kier molecular flexibility index (Phi) is 3.68. The molecule has 1 atom stereocenters. The van der Waals surface area contributed by atoms with Crippen LogP contribution in [0.4, 0.5) is 4.39 Å². The average molecular weight is 194 g/mol. The molecular formula is C13H19F. The molecule has 1 unspecified atom stereocenters. The Labute approximate surface area is 86.2 Å². The number of halogens is 1. The molecule has 0 nitrogen and oxygen atoms in total. The summed E-state index contributed by atoms with van der Waals surface area (Å²) >= 11 is 0. The van der Waals surface area contributed by atoms with Gasteiger partial charge in [-0.2, -0.15) is 0 Å². The molecule has 14 heavy (non-hydrogen) atoms. The first-order valence-electron chi connectivity index (χ1n) is 5.38. The summed E-state index contributed by atoms with van der Waals surface area (Å²) in [4.78, 5) is 0. The van der Waals surface area contributed by atoms with Crippen molar-refractivity contribution in [2.24, 2.45) is 0 Å². The van der Waals surface area contributed by atoms with Crippen LogP contribution in [-0.2, 0) is 5.41 Å². The van der Waals surface area contributed by atoms with Crippen LogP contribution in [0.3, 0.4) is 0 Å². The van der Waals surface area contributed by atoms with Crippen molar-refractivity contribution in [1.82, 2.24) is 0 Å². The number of hydrogen-bond acceptors (Lipinski definition) is 0. The summed E-state index contributed by atoms with van der Waals surface area (Å²) in [5.41, 5.74) is 1.26. The van der Waals surface area contributed by atoms with E-state index in [0.29, 0.717) is 0 Å². The summed E-state index contributed by atoms with van der Waals surface area (Å²) in [5.74, 6) is -0.127. The van der Waals surface area contributed by atoms with E-state index < -0.39 is 0 Å². The van der Waals surface area contributed by atoms with Crippen LogP contribution in [0.25, 0.3) is 0 Å². The summed E-state index contributed by atoms with van der Waals surface area (Å²) in [5, 5.41) is 0. The lowest BCUT2D eigenvalue weighted by Crippen LogP contribution is -2.20. The lowest BCUT2D eigenvalue weighted by molar-refractivity contribution is 0.411. The summed E-state index contributed by atoms with van der Waals surface area (Å²) < 4.78 is 13.1. The van der Waals surface area contributed by atoms with Gasteiger partial charge >= 0.3 is 0 Å². The zero-order chi connectivity index (χ0) is 10.6. The van der Waals surface area contributed by atoms with Gasteiger partial charge in [0.15, 0.2) is 0 Å². The fourth-order valence-corrected chi connectivity index (χ4v) is 1.94. The summed E-state index contributed by atoms with van der Waals surface area (Å²) in [7, 11) is 0. The molecule has 0 heterocycles. The molecule has 0 amide bonds. The standard InChI is InChI=1S/C13H19F/c1-4-9-13(3,5-2)11-7-6-8-12(14)10-11/h6-8,10H,4-5,9H2,1-3H3. The SMILES string of the molecule is CCCC(C)(CC)c1cccc(F)c1. The molecule has 0 radical (unpaired) electrons. The molecule has 0 fully saturated rings.